The van der Waals surface area contributed by atoms with E-state index in [1.165, 1.54) is 0 Å². The minimum atomic E-state index is 0.0981. The predicted molar refractivity (Wildman–Crippen MR) is 76.6 cm³/mol. The molecule has 0 saturated carbocycles. The van der Waals surface area contributed by atoms with E-state index in [0.29, 0.717) is 19.1 Å². The average Bonchev–Trinajstić information content (AvgIpc) is 2.38. The zero-order chi connectivity index (χ0) is 13.7. The maximum absolute atomic E-state index is 11.3. The Morgan fingerprint density at radius 1 is 1.37 bits per heavy atom. The highest BCUT2D eigenvalue weighted by Gasteiger charge is 2.14. The summed E-state index contributed by atoms with van der Waals surface area (Å²) in [6.45, 7) is 5.96. The summed E-state index contributed by atoms with van der Waals surface area (Å²) in [6, 6.07) is 6.39. The van der Waals surface area contributed by atoms with Crippen LogP contribution < -0.4 is 15.4 Å². The zero-order valence-corrected chi connectivity index (χ0v) is 11.7. The molecule has 0 fully saturated rings. The Morgan fingerprint density at radius 2 is 2.21 bits per heavy atom. The molecule has 1 aromatic carbocycles. The van der Waals surface area contributed by atoms with Crippen molar-refractivity contribution in [2.75, 3.05) is 18.5 Å². The lowest BCUT2D eigenvalue weighted by molar-refractivity contribution is -0.116. The first-order valence-corrected chi connectivity index (χ1v) is 6.94. The molecule has 1 aromatic rings. The first kappa shape index (κ1) is 13.9. The molecule has 0 bridgehead atoms. The Balaban J connectivity index is 1.80. The van der Waals surface area contributed by atoms with Crippen molar-refractivity contribution in [3.05, 3.63) is 23.8 Å². The van der Waals surface area contributed by atoms with Crippen LogP contribution in [0.4, 0.5) is 5.69 Å². The van der Waals surface area contributed by atoms with Crippen molar-refractivity contribution in [3.8, 4) is 5.75 Å². The van der Waals surface area contributed by atoms with Crippen molar-refractivity contribution < 1.29 is 9.53 Å². The molecule has 1 aliphatic heterocycles. The van der Waals surface area contributed by atoms with Gasteiger partial charge in [0.15, 0.2) is 0 Å². The molecule has 1 amide bonds. The third-order valence-corrected chi connectivity index (χ3v) is 3.11. The van der Waals surface area contributed by atoms with Gasteiger partial charge < -0.3 is 15.4 Å². The van der Waals surface area contributed by atoms with E-state index in [9.17, 15) is 4.79 Å². The Hall–Kier alpha value is -1.55. The van der Waals surface area contributed by atoms with E-state index in [4.69, 9.17) is 4.74 Å². The summed E-state index contributed by atoms with van der Waals surface area (Å²) in [6.07, 6.45) is 2.36. The summed E-state index contributed by atoms with van der Waals surface area (Å²) in [5.41, 5.74) is 2.09. The maximum Gasteiger partial charge on any atom is 0.224 e. The molecule has 0 saturated heterocycles. The minimum Gasteiger partial charge on any atom is -0.494 e. The molecule has 0 aromatic heterocycles. The molecule has 104 valence electrons. The second kappa shape index (κ2) is 6.57. The van der Waals surface area contributed by atoms with Crippen LogP contribution in [0.25, 0.3) is 0 Å². The van der Waals surface area contributed by atoms with Gasteiger partial charge in [-0.1, -0.05) is 13.8 Å². The largest absolute Gasteiger partial charge is 0.494 e. The standard InChI is InChI=1S/C15H22N2O2/c1-11(2)16-8-3-9-19-13-5-6-14-12(10-13)4-7-15(18)17-14/h5-6,10-11,16H,3-4,7-9H2,1-2H3,(H,17,18). The van der Waals surface area contributed by atoms with Crippen molar-refractivity contribution in [1.29, 1.82) is 0 Å². The highest BCUT2D eigenvalue weighted by molar-refractivity contribution is 5.93. The molecule has 4 nitrogen and oxygen atoms in total. The fraction of sp³-hybridized carbons (Fsp3) is 0.533. The van der Waals surface area contributed by atoms with Crippen LogP contribution in [0.3, 0.4) is 0 Å². The number of aryl methyl sites for hydroxylation is 1. The van der Waals surface area contributed by atoms with Gasteiger partial charge in [0.2, 0.25) is 5.91 Å². The van der Waals surface area contributed by atoms with E-state index in [2.05, 4.69) is 24.5 Å². The number of hydrogen-bond donors (Lipinski definition) is 2. The van der Waals surface area contributed by atoms with Crippen molar-refractivity contribution in [1.82, 2.24) is 5.32 Å². The molecular weight excluding hydrogens is 240 g/mol. The lowest BCUT2D eigenvalue weighted by atomic mass is 10.0. The smallest absolute Gasteiger partial charge is 0.224 e. The van der Waals surface area contributed by atoms with E-state index < -0.39 is 0 Å². The molecule has 2 N–H and O–H groups in total. The van der Waals surface area contributed by atoms with Crippen LogP contribution in [0.2, 0.25) is 0 Å². The topological polar surface area (TPSA) is 50.4 Å². The maximum atomic E-state index is 11.3. The van der Waals surface area contributed by atoms with Gasteiger partial charge in [-0.15, -0.1) is 0 Å². The van der Waals surface area contributed by atoms with Crippen molar-refractivity contribution in [3.63, 3.8) is 0 Å². The van der Waals surface area contributed by atoms with Gasteiger partial charge in [0.1, 0.15) is 5.75 Å². The number of carbonyl (C=O) groups is 1. The van der Waals surface area contributed by atoms with Gasteiger partial charge in [-0.3, -0.25) is 4.79 Å². The van der Waals surface area contributed by atoms with Crippen LogP contribution in [0.5, 0.6) is 5.75 Å². The lowest BCUT2D eigenvalue weighted by Gasteiger charge is -2.17. The number of anilines is 1. The molecule has 0 aliphatic carbocycles. The van der Waals surface area contributed by atoms with Crippen LogP contribution in [-0.4, -0.2) is 25.1 Å². The summed E-state index contributed by atoms with van der Waals surface area (Å²) in [5, 5.41) is 6.23. The van der Waals surface area contributed by atoms with Crippen molar-refractivity contribution in [2.24, 2.45) is 0 Å². The number of rotatable bonds is 6. The van der Waals surface area contributed by atoms with Crippen LogP contribution in [-0.2, 0) is 11.2 Å². The Kier molecular flexibility index (Phi) is 4.80. The van der Waals surface area contributed by atoms with Crippen LogP contribution >= 0.6 is 0 Å². The monoisotopic (exact) mass is 262 g/mol. The summed E-state index contributed by atoms with van der Waals surface area (Å²) < 4.78 is 5.73. The fourth-order valence-electron chi connectivity index (χ4n) is 2.10. The number of hydrogen-bond acceptors (Lipinski definition) is 3. The van der Waals surface area contributed by atoms with Gasteiger partial charge in [-0.2, -0.15) is 0 Å². The second-order valence-electron chi connectivity index (χ2n) is 5.18. The molecule has 0 radical (unpaired) electrons. The number of benzene rings is 1. The number of carbonyl (C=O) groups excluding carboxylic acids is 1. The molecule has 0 atom stereocenters. The molecule has 0 spiro atoms. The van der Waals surface area contributed by atoms with Gasteiger partial charge in [0.25, 0.3) is 0 Å². The quantitative estimate of drug-likeness (QED) is 0.774. The van der Waals surface area contributed by atoms with Gasteiger partial charge >= 0.3 is 0 Å². The second-order valence-corrected chi connectivity index (χ2v) is 5.18. The summed E-state index contributed by atoms with van der Waals surface area (Å²) in [7, 11) is 0. The zero-order valence-electron chi connectivity index (χ0n) is 11.7. The number of fused-ring (bicyclic) bond motifs is 1. The first-order chi connectivity index (χ1) is 9.15. The van der Waals surface area contributed by atoms with E-state index in [1.807, 2.05) is 18.2 Å². The molecular formula is C15H22N2O2. The SMILES string of the molecule is CC(C)NCCCOc1ccc2c(c1)CCC(=O)N2. The summed E-state index contributed by atoms with van der Waals surface area (Å²) >= 11 is 0. The van der Waals surface area contributed by atoms with Gasteiger partial charge in [0.05, 0.1) is 6.61 Å². The third-order valence-electron chi connectivity index (χ3n) is 3.11. The minimum absolute atomic E-state index is 0.0981. The summed E-state index contributed by atoms with van der Waals surface area (Å²) in [4.78, 5) is 11.3. The highest BCUT2D eigenvalue weighted by atomic mass is 16.5. The van der Waals surface area contributed by atoms with Crippen LogP contribution in [0, 0.1) is 0 Å². The highest BCUT2D eigenvalue weighted by Crippen LogP contribution is 2.26. The Bertz CT molecular complexity index is 444. The molecule has 0 unspecified atom stereocenters. The van der Waals surface area contributed by atoms with Crippen molar-refractivity contribution in [2.45, 2.75) is 39.2 Å². The number of amides is 1. The van der Waals surface area contributed by atoms with E-state index in [1.54, 1.807) is 0 Å². The van der Waals surface area contributed by atoms with Crippen molar-refractivity contribution >= 4 is 11.6 Å². The Labute approximate surface area is 114 Å². The molecule has 2 rings (SSSR count). The van der Waals surface area contributed by atoms with Gasteiger partial charge in [-0.05, 0) is 43.1 Å². The molecule has 19 heavy (non-hydrogen) atoms. The molecule has 4 heteroatoms. The van der Waals surface area contributed by atoms with E-state index in [0.717, 1.165) is 36.4 Å². The molecule has 1 aliphatic rings. The third kappa shape index (κ3) is 4.24. The number of ether oxygens (including phenoxy) is 1. The predicted octanol–water partition coefficient (Wildman–Crippen LogP) is 2.34. The van der Waals surface area contributed by atoms with Crippen LogP contribution in [0.1, 0.15) is 32.3 Å². The summed E-state index contributed by atoms with van der Waals surface area (Å²) in [5.74, 6) is 0.986. The van der Waals surface area contributed by atoms with Gasteiger partial charge in [0, 0.05) is 18.2 Å². The average molecular weight is 262 g/mol. The van der Waals surface area contributed by atoms with Gasteiger partial charge in [-0.25, -0.2) is 0 Å². The number of nitrogens with one attached hydrogen (secondary N) is 2. The molecule has 1 heterocycles. The van der Waals surface area contributed by atoms with Crippen LogP contribution in [0.15, 0.2) is 18.2 Å². The normalized spacial score (nSPS) is 14.2. The fourth-order valence-corrected chi connectivity index (χ4v) is 2.10. The van der Waals surface area contributed by atoms with E-state index in [-0.39, 0.29) is 5.91 Å². The lowest BCUT2D eigenvalue weighted by Crippen LogP contribution is -2.24. The van der Waals surface area contributed by atoms with E-state index >= 15 is 0 Å². The first-order valence-electron chi connectivity index (χ1n) is 6.94. The Morgan fingerprint density at radius 3 is 3.00 bits per heavy atom.